The van der Waals surface area contributed by atoms with Crippen LogP contribution in [0.15, 0.2) is 16.6 Å². The molecule has 9 heteroatoms. The largest absolute Gasteiger partial charge is 0.573 e. The van der Waals surface area contributed by atoms with Gasteiger partial charge in [-0.15, -0.1) is 13.2 Å². The van der Waals surface area contributed by atoms with E-state index in [1.165, 1.54) is 0 Å². The lowest BCUT2D eigenvalue weighted by Crippen LogP contribution is -2.18. The van der Waals surface area contributed by atoms with Gasteiger partial charge in [0.05, 0.1) is 15.5 Å². The summed E-state index contributed by atoms with van der Waals surface area (Å²) in [7, 11) is 0. The van der Waals surface area contributed by atoms with Crippen LogP contribution in [0.25, 0.3) is 0 Å². The molecule has 0 aliphatic heterocycles. The smallest absolute Gasteiger partial charge is 0.402 e. The summed E-state index contributed by atoms with van der Waals surface area (Å²) in [4.78, 5) is 9.34. The van der Waals surface area contributed by atoms with Crippen molar-refractivity contribution in [1.82, 2.24) is 0 Å². The van der Waals surface area contributed by atoms with E-state index >= 15 is 0 Å². The van der Waals surface area contributed by atoms with E-state index in [1.807, 2.05) is 0 Å². The number of alkyl halides is 3. The molecule has 1 rings (SSSR count). The minimum atomic E-state index is -5.12. The monoisotopic (exact) mass is 303 g/mol. The van der Waals surface area contributed by atoms with Gasteiger partial charge in [0, 0.05) is 6.07 Å². The van der Waals surface area contributed by atoms with E-state index in [9.17, 15) is 27.7 Å². The van der Waals surface area contributed by atoms with Crippen molar-refractivity contribution in [1.29, 1.82) is 0 Å². The summed E-state index contributed by atoms with van der Waals surface area (Å²) in [5, 5.41) is 10.3. The van der Waals surface area contributed by atoms with E-state index in [-0.39, 0.29) is 0 Å². The summed E-state index contributed by atoms with van der Waals surface area (Å²) < 4.78 is 51.3. The van der Waals surface area contributed by atoms with Crippen LogP contribution in [-0.4, -0.2) is 11.3 Å². The van der Waals surface area contributed by atoms with Gasteiger partial charge in [-0.05, 0) is 15.9 Å². The van der Waals surface area contributed by atoms with Crippen LogP contribution >= 0.6 is 15.9 Å². The summed E-state index contributed by atoms with van der Waals surface area (Å²) in [6.07, 6.45) is -5.12. The highest BCUT2D eigenvalue weighted by Crippen LogP contribution is 2.33. The number of non-ortho nitro benzene ring substituents is 1. The van der Waals surface area contributed by atoms with Crippen molar-refractivity contribution in [3.8, 4) is 5.75 Å². The highest BCUT2D eigenvalue weighted by Gasteiger charge is 2.33. The van der Waals surface area contributed by atoms with Crippen molar-refractivity contribution in [2.75, 3.05) is 0 Å². The van der Waals surface area contributed by atoms with Gasteiger partial charge in [0.15, 0.2) is 11.6 Å². The minimum Gasteiger partial charge on any atom is -0.402 e. The van der Waals surface area contributed by atoms with Gasteiger partial charge in [0.1, 0.15) is 0 Å². The zero-order chi connectivity index (χ0) is 12.5. The van der Waals surface area contributed by atoms with Crippen LogP contribution in [0.4, 0.5) is 23.2 Å². The maximum atomic E-state index is 13.1. The Morgan fingerprint density at radius 1 is 1.38 bits per heavy atom. The summed E-state index contributed by atoms with van der Waals surface area (Å²) in [5.41, 5.74) is -0.715. The molecule has 0 aromatic heterocycles. The molecule has 0 radical (unpaired) electrons. The lowest BCUT2D eigenvalue weighted by atomic mass is 10.3. The normalized spacial score (nSPS) is 11.3. The lowest BCUT2D eigenvalue weighted by molar-refractivity contribution is -0.385. The van der Waals surface area contributed by atoms with Crippen LogP contribution in [0.3, 0.4) is 0 Å². The molecular weight excluding hydrogens is 302 g/mol. The first-order chi connectivity index (χ1) is 7.20. The second-order valence-corrected chi connectivity index (χ2v) is 3.40. The number of hydrogen-bond acceptors (Lipinski definition) is 3. The molecule has 0 fully saturated rings. The Morgan fingerprint density at radius 3 is 2.38 bits per heavy atom. The van der Waals surface area contributed by atoms with E-state index in [0.717, 1.165) is 6.07 Å². The van der Waals surface area contributed by atoms with Crippen molar-refractivity contribution in [2.45, 2.75) is 6.36 Å². The molecule has 0 aliphatic carbocycles. The molecule has 0 amide bonds. The fraction of sp³-hybridized carbons (Fsp3) is 0.143. The SMILES string of the molecule is O=[N+]([O-])c1cc(Br)c(F)c(OC(F)(F)F)c1. The van der Waals surface area contributed by atoms with Gasteiger partial charge in [-0.2, -0.15) is 0 Å². The van der Waals surface area contributed by atoms with Crippen molar-refractivity contribution in [3.63, 3.8) is 0 Å². The molecule has 1 aromatic carbocycles. The summed E-state index contributed by atoms with van der Waals surface area (Å²) in [6.45, 7) is 0. The zero-order valence-electron chi connectivity index (χ0n) is 7.22. The topological polar surface area (TPSA) is 52.4 Å². The molecular formula is C7H2BrF4NO3. The zero-order valence-corrected chi connectivity index (χ0v) is 8.80. The van der Waals surface area contributed by atoms with Crippen LogP contribution in [0, 0.1) is 15.9 Å². The van der Waals surface area contributed by atoms with Crippen molar-refractivity contribution >= 4 is 21.6 Å². The van der Waals surface area contributed by atoms with Gasteiger partial charge in [-0.25, -0.2) is 4.39 Å². The minimum absolute atomic E-state index is 0.355. The van der Waals surface area contributed by atoms with Gasteiger partial charge < -0.3 is 4.74 Å². The van der Waals surface area contributed by atoms with E-state index in [1.54, 1.807) is 0 Å². The average molecular weight is 304 g/mol. The quantitative estimate of drug-likeness (QED) is 0.478. The van der Waals surface area contributed by atoms with E-state index in [2.05, 4.69) is 20.7 Å². The Bertz CT molecular complexity index is 434. The molecule has 16 heavy (non-hydrogen) atoms. The average Bonchev–Trinajstić information content (AvgIpc) is 2.10. The number of nitrogens with zero attached hydrogens (tertiary/aromatic N) is 1. The van der Waals surface area contributed by atoms with E-state index < -0.39 is 33.0 Å². The lowest BCUT2D eigenvalue weighted by Gasteiger charge is -2.09. The fourth-order valence-corrected chi connectivity index (χ4v) is 1.28. The van der Waals surface area contributed by atoms with Crippen LogP contribution in [-0.2, 0) is 0 Å². The molecule has 0 N–H and O–H groups in total. The molecule has 0 bridgehead atoms. The third kappa shape index (κ3) is 3.05. The van der Waals surface area contributed by atoms with Crippen molar-refractivity contribution in [2.24, 2.45) is 0 Å². The highest BCUT2D eigenvalue weighted by molar-refractivity contribution is 9.10. The second-order valence-electron chi connectivity index (χ2n) is 2.54. The van der Waals surface area contributed by atoms with E-state index in [4.69, 9.17) is 0 Å². The standard InChI is InChI=1S/C7H2BrF4NO3/c8-4-1-3(13(14)15)2-5(6(4)9)16-7(10,11)12/h1-2H. The molecule has 0 aliphatic rings. The van der Waals surface area contributed by atoms with Gasteiger partial charge in [-0.3, -0.25) is 10.1 Å². The van der Waals surface area contributed by atoms with Crippen molar-refractivity contribution < 1.29 is 27.2 Å². The maximum absolute atomic E-state index is 13.1. The number of benzene rings is 1. The molecule has 0 unspecified atom stereocenters. The summed E-state index contributed by atoms with van der Waals surface area (Å²) in [6, 6.07) is 1.09. The Hall–Kier alpha value is -1.38. The maximum Gasteiger partial charge on any atom is 0.573 e. The van der Waals surface area contributed by atoms with Gasteiger partial charge in [-0.1, -0.05) is 0 Å². The van der Waals surface area contributed by atoms with Gasteiger partial charge >= 0.3 is 6.36 Å². The predicted octanol–water partition coefficient (Wildman–Crippen LogP) is 3.39. The number of nitro benzene ring substituents is 1. The third-order valence-electron chi connectivity index (χ3n) is 1.42. The van der Waals surface area contributed by atoms with Crippen molar-refractivity contribution in [3.05, 3.63) is 32.5 Å². The number of ether oxygens (including phenoxy) is 1. The van der Waals surface area contributed by atoms with E-state index in [0.29, 0.717) is 6.07 Å². The van der Waals surface area contributed by atoms with Crippen LogP contribution in [0.5, 0.6) is 5.75 Å². The molecule has 0 saturated heterocycles. The third-order valence-corrected chi connectivity index (χ3v) is 1.99. The number of hydrogen-bond donors (Lipinski definition) is 0. The molecule has 0 saturated carbocycles. The first kappa shape index (κ1) is 12.7. The molecule has 88 valence electrons. The Labute approximate surface area is 94.1 Å². The Balaban J connectivity index is 3.22. The number of nitro groups is 1. The van der Waals surface area contributed by atoms with Crippen LogP contribution in [0.2, 0.25) is 0 Å². The molecule has 0 spiro atoms. The highest BCUT2D eigenvalue weighted by atomic mass is 79.9. The first-order valence-corrected chi connectivity index (χ1v) is 4.39. The first-order valence-electron chi connectivity index (χ1n) is 3.60. The molecule has 0 heterocycles. The van der Waals surface area contributed by atoms with Gasteiger partial charge in [0.25, 0.3) is 5.69 Å². The Kier molecular flexibility index (Phi) is 3.36. The number of rotatable bonds is 2. The van der Waals surface area contributed by atoms with Crippen LogP contribution < -0.4 is 4.74 Å². The van der Waals surface area contributed by atoms with Crippen LogP contribution in [0.1, 0.15) is 0 Å². The molecule has 4 nitrogen and oxygen atoms in total. The Morgan fingerprint density at radius 2 is 1.94 bits per heavy atom. The summed E-state index contributed by atoms with van der Waals surface area (Å²) in [5.74, 6) is -2.61. The number of halogens is 5. The van der Waals surface area contributed by atoms with Gasteiger partial charge in [0.2, 0.25) is 0 Å². The molecule has 0 atom stereocenters. The second kappa shape index (κ2) is 4.24. The molecule has 1 aromatic rings. The summed E-state index contributed by atoms with van der Waals surface area (Å²) >= 11 is 2.55. The predicted molar refractivity (Wildman–Crippen MR) is 47.4 cm³/mol. The fourth-order valence-electron chi connectivity index (χ4n) is 0.855.